The van der Waals surface area contributed by atoms with Crippen LogP contribution in [0.25, 0.3) is 11.3 Å². The largest absolute Gasteiger partial charge is 0.444 e. The molecular weight excluding hydrogens is 338 g/mol. The second-order valence-electron chi connectivity index (χ2n) is 7.98. The molecule has 144 valence electrons. The Morgan fingerprint density at radius 1 is 1.04 bits per heavy atom. The maximum absolute atomic E-state index is 12.1. The van der Waals surface area contributed by atoms with Gasteiger partial charge in [-0.1, -0.05) is 36.4 Å². The number of rotatable bonds is 4. The summed E-state index contributed by atoms with van der Waals surface area (Å²) in [4.78, 5) is 20.9. The highest BCUT2D eigenvalue weighted by atomic mass is 16.6. The molecule has 1 saturated heterocycles. The van der Waals surface area contributed by atoms with Crippen molar-refractivity contribution in [2.24, 2.45) is 0 Å². The monoisotopic (exact) mass is 367 g/mol. The highest BCUT2D eigenvalue weighted by Gasteiger charge is 2.25. The Morgan fingerprint density at radius 2 is 1.74 bits per heavy atom. The van der Waals surface area contributed by atoms with Crippen LogP contribution in [0, 0.1) is 0 Å². The number of hydrogen-bond donors (Lipinski definition) is 0. The Bertz CT molecular complexity index is 730. The molecule has 0 aliphatic carbocycles. The Labute approximate surface area is 162 Å². The van der Waals surface area contributed by atoms with Crippen LogP contribution >= 0.6 is 0 Å². The van der Waals surface area contributed by atoms with E-state index in [1.807, 2.05) is 45.2 Å². The van der Waals surface area contributed by atoms with Crippen molar-refractivity contribution in [3.8, 4) is 11.3 Å². The summed E-state index contributed by atoms with van der Waals surface area (Å²) in [6, 6.07) is 14.5. The molecule has 0 radical (unpaired) electrons. The second-order valence-corrected chi connectivity index (χ2v) is 7.98. The van der Waals surface area contributed by atoms with Crippen molar-refractivity contribution >= 4 is 6.09 Å². The lowest BCUT2D eigenvalue weighted by molar-refractivity contribution is 0.0146. The zero-order valence-corrected chi connectivity index (χ0v) is 16.5. The van der Waals surface area contributed by atoms with Crippen LogP contribution in [0.1, 0.15) is 26.3 Å². The molecule has 1 aromatic carbocycles. The Balaban J connectivity index is 1.44. The van der Waals surface area contributed by atoms with Gasteiger partial charge in [0.25, 0.3) is 0 Å². The van der Waals surface area contributed by atoms with Crippen molar-refractivity contribution < 1.29 is 9.53 Å². The van der Waals surface area contributed by atoms with Gasteiger partial charge >= 0.3 is 6.09 Å². The molecule has 0 spiro atoms. The molecule has 2 aromatic rings. The molecule has 3 rings (SSSR count). The summed E-state index contributed by atoms with van der Waals surface area (Å²) in [6.07, 6.45) is 2.73. The zero-order valence-electron chi connectivity index (χ0n) is 16.5. The first kappa shape index (κ1) is 19.4. The average molecular weight is 367 g/mol. The molecule has 0 unspecified atom stereocenters. The van der Waals surface area contributed by atoms with Gasteiger partial charge in [0, 0.05) is 44.5 Å². The van der Waals surface area contributed by atoms with Gasteiger partial charge < -0.3 is 9.64 Å². The van der Waals surface area contributed by atoms with Crippen LogP contribution in [0.3, 0.4) is 0 Å². The standard InChI is InChI=1S/C22H29N3O2/c1-22(2,3)27-21(26)25-15-13-24(14-16-25)12-11-18-9-10-20(23-17-18)19-7-5-4-6-8-19/h4-10,17H,11-16H2,1-3H3. The molecule has 1 aromatic heterocycles. The summed E-state index contributed by atoms with van der Waals surface area (Å²) >= 11 is 0. The normalized spacial score (nSPS) is 15.6. The number of piperazine rings is 1. The number of ether oxygens (including phenoxy) is 1. The molecule has 1 aliphatic heterocycles. The van der Waals surface area contributed by atoms with E-state index >= 15 is 0 Å². The van der Waals surface area contributed by atoms with Gasteiger partial charge in [-0.05, 0) is 38.8 Å². The number of hydrogen-bond acceptors (Lipinski definition) is 4. The fourth-order valence-corrected chi connectivity index (χ4v) is 3.12. The van der Waals surface area contributed by atoms with E-state index < -0.39 is 5.60 Å². The third-order valence-electron chi connectivity index (χ3n) is 4.63. The van der Waals surface area contributed by atoms with Gasteiger partial charge in [-0.2, -0.15) is 0 Å². The fourth-order valence-electron chi connectivity index (χ4n) is 3.12. The number of pyridine rings is 1. The molecule has 1 aliphatic rings. The van der Waals surface area contributed by atoms with Gasteiger partial charge in [-0.15, -0.1) is 0 Å². The lowest BCUT2D eigenvalue weighted by Gasteiger charge is -2.35. The molecule has 2 heterocycles. The van der Waals surface area contributed by atoms with Gasteiger partial charge in [0.2, 0.25) is 0 Å². The van der Waals surface area contributed by atoms with Crippen molar-refractivity contribution in [1.29, 1.82) is 0 Å². The quantitative estimate of drug-likeness (QED) is 0.824. The van der Waals surface area contributed by atoms with Gasteiger partial charge in [-0.3, -0.25) is 9.88 Å². The minimum absolute atomic E-state index is 0.206. The molecule has 0 N–H and O–H groups in total. The number of carbonyl (C=O) groups is 1. The van der Waals surface area contributed by atoms with Crippen molar-refractivity contribution in [3.05, 3.63) is 54.2 Å². The van der Waals surface area contributed by atoms with Crippen LogP contribution in [0.4, 0.5) is 4.79 Å². The van der Waals surface area contributed by atoms with Crippen molar-refractivity contribution in [3.63, 3.8) is 0 Å². The van der Waals surface area contributed by atoms with E-state index in [0.717, 1.165) is 50.4 Å². The molecule has 5 heteroatoms. The minimum atomic E-state index is -0.437. The third-order valence-corrected chi connectivity index (χ3v) is 4.63. The number of aromatic nitrogens is 1. The first-order chi connectivity index (χ1) is 12.9. The van der Waals surface area contributed by atoms with Crippen LogP contribution in [-0.2, 0) is 11.2 Å². The summed E-state index contributed by atoms with van der Waals surface area (Å²) in [6.45, 7) is 9.90. The van der Waals surface area contributed by atoms with Crippen LogP contribution in [-0.4, -0.2) is 59.2 Å². The first-order valence-electron chi connectivity index (χ1n) is 9.61. The van der Waals surface area contributed by atoms with Gasteiger partial charge in [0.15, 0.2) is 0 Å². The molecule has 0 atom stereocenters. The van der Waals surface area contributed by atoms with Gasteiger partial charge in [-0.25, -0.2) is 4.79 Å². The highest BCUT2D eigenvalue weighted by molar-refractivity contribution is 5.68. The number of carbonyl (C=O) groups excluding carboxylic acids is 1. The molecule has 0 bridgehead atoms. The SMILES string of the molecule is CC(C)(C)OC(=O)N1CCN(CCc2ccc(-c3ccccc3)nc2)CC1. The smallest absolute Gasteiger partial charge is 0.410 e. The van der Waals surface area contributed by atoms with Crippen LogP contribution in [0.15, 0.2) is 48.7 Å². The van der Waals surface area contributed by atoms with E-state index in [1.165, 1.54) is 5.56 Å². The Morgan fingerprint density at radius 3 is 2.33 bits per heavy atom. The lowest BCUT2D eigenvalue weighted by atomic mass is 10.1. The van der Waals surface area contributed by atoms with Gasteiger partial charge in [0.05, 0.1) is 5.69 Å². The maximum Gasteiger partial charge on any atom is 0.410 e. The van der Waals surface area contributed by atoms with Crippen LogP contribution in [0.2, 0.25) is 0 Å². The zero-order chi connectivity index (χ0) is 19.3. The van der Waals surface area contributed by atoms with Crippen molar-refractivity contribution in [2.45, 2.75) is 32.8 Å². The Hall–Kier alpha value is -2.40. The molecule has 27 heavy (non-hydrogen) atoms. The first-order valence-corrected chi connectivity index (χ1v) is 9.61. The molecule has 5 nitrogen and oxygen atoms in total. The maximum atomic E-state index is 12.1. The second kappa shape index (κ2) is 8.53. The minimum Gasteiger partial charge on any atom is -0.444 e. The number of nitrogens with zero attached hydrogens (tertiary/aromatic N) is 3. The average Bonchev–Trinajstić information content (AvgIpc) is 2.66. The van der Waals surface area contributed by atoms with E-state index in [4.69, 9.17) is 4.74 Å². The third kappa shape index (κ3) is 5.79. The highest BCUT2D eigenvalue weighted by Crippen LogP contribution is 2.17. The summed E-state index contributed by atoms with van der Waals surface area (Å²) in [5, 5.41) is 0. The predicted molar refractivity (Wildman–Crippen MR) is 108 cm³/mol. The van der Waals surface area contributed by atoms with Crippen molar-refractivity contribution in [2.75, 3.05) is 32.7 Å². The fraction of sp³-hybridized carbons (Fsp3) is 0.455. The molecule has 1 fully saturated rings. The van der Waals surface area contributed by atoms with Gasteiger partial charge in [0.1, 0.15) is 5.60 Å². The topological polar surface area (TPSA) is 45.7 Å². The van der Waals surface area contributed by atoms with E-state index in [-0.39, 0.29) is 6.09 Å². The molecule has 0 saturated carbocycles. The summed E-state index contributed by atoms with van der Waals surface area (Å²) < 4.78 is 5.45. The summed E-state index contributed by atoms with van der Waals surface area (Å²) in [5.41, 5.74) is 2.95. The van der Waals surface area contributed by atoms with E-state index in [2.05, 4.69) is 34.1 Å². The van der Waals surface area contributed by atoms with Crippen molar-refractivity contribution in [1.82, 2.24) is 14.8 Å². The summed E-state index contributed by atoms with van der Waals surface area (Å²) in [5.74, 6) is 0. The number of amides is 1. The van der Waals surface area contributed by atoms with Crippen LogP contribution < -0.4 is 0 Å². The Kier molecular flexibility index (Phi) is 6.11. The lowest BCUT2D eigenvalue weighted by Crippen LogP contribution is -2.50. The number of benzene rings is 1. The molecular formula is C22H29N3O2. The van der Waals surface area contributed by atoms with E-state index in [0.29, 0.717) is 0 Å². The molecule has 1 amide bonds. The summed E-state index contributed by atoms with van der Waals surface area (Å²) in [7, 11) is 0. The predicted octanol–water partition coefficient (Wildman–Crippen LogP) is 3.84. The van der Waals surface area contributed by atoms with Crippen LogP contribution in [0.5, 0.6) is 0 Å². The van der Waals surface area contributed by atoms with E-state index in [1.54, 1.807) is 4.90 Å². The van der Waals surface area contributed by atoms with E-state index in [9.17, 15) is 4.79 Å².